The van der Waals surface area contributed by atoms with Gasteiger partial charge in [0, 0.05) is 23.6 Å². The third-order valence-electron chi connectivity index (χ3n) is 4.43. The van der Waals surface area contributed by atoms with Crippen molar-refractivity contribution in [1.29, 1.82) is 0 Å². The summed E-state index contributed by atoms with van der Waals surface area (Å²) in [7, 11) is 0. The van der Waals surface area contributed by atoms with E-state index in [4.69, 9.17) is 11.6 Å². The van der Waals surface area contributed by atoms with E-state index in [-0.39, 0.29) is 11.8 Å². The average molecular weight is 376 g/mol. The first-order chi connectivity index (χ1) is 13.2. The topological polar surface area (TPSA) is 29.1 Å². The van der Waals surface area contributed by atoms with Crippen LogP contribution in [0.15, 0.2) is 91.0 Å². The second-order valence-corrected chi connectivity index (χ2v) is 6.77. The molecule has 0 radical (unpaired) electrons. The average Bonchev–Trinajstić information content (AvgIpc) is 2.72. The number of rotatable bonds is 7. The van der Waals surface area contributed by atoms with Crippen LogP contribution in [0.5, 0.6) is 0 Å². The Hall–Kier alpha value is -2.84. The molecule has 0 aliphatic carbocycles. The Morgan fingerprint density at radius 1 is 0.852 bits per heavy atom. The van der Waals surface area contributed by atoms with E-state index < -0.39 is 0 Å². The van der Waals surface area contributed by atoms with Crippen LogP contribution in [0.4, 0.5) is 0 Å². The minimum absolute atomic E-state index is 0.0928. The molecule has 0 aliphatic rings. The van der Waals surface area contributed by atoms with E-state index in [1.807, 2.05) is 36.4 Å². The standard InChI is InChI=1S/C24H22ClNO/c25-22-14-11-19(12-15-22)13-16-24(27)26-18-17-23(20-7-3-1-4-8-20)21-9-5-2-6-10-21/h1-16,23H,17-18H2,(H,26,27). The van der Waals surface area contributed by atoms with Gasteiger partial charge in [-0.25, -0.2) is 0 Å². The van der Waals surface area contributed by atoms with Gasteiger partial charge in [0.1, 0.15) is 0 Å². The monoisotopic (exact) mass is 375 g/mol. The van der Waals surface area contributed by atoms with E-state index in [0.29, 0.717) is 11.6 Å². The molecule has 1 amide bonds. The summed E-state index contributed by atoms with van der Waals surface area (Å²) in [5.41, 5.74) is 3.46. The van der Waals surface area contributed by atoms with Gasteiger partial charge in [-0.05, 0) is 41.3 Å². The quantitative estimate of drug-likeness (QED) is 0.528. The van der Waals surface area contributed by atoms with Gasteiger partial charge in [-0.3, -0.25) is 4.79 Å². The first kappa shape index (κ1) is 18.9. The number of hydrogen-bond acceptors (Lipinski definition) is 1. The Morgan fingerprint density at radius 2 is 1.41 bits per heavy atom. The van der Waals surface area contributed by atoms with Crippen molar-refractivity contribution in [3.05, 3.63) is 113 Å². The molecule has 3 heteroatoms. The molecular weight excluding hydrogens is 354 g/mol. The van der Waals surface area contributed by atoms with Crippen molar-refractivity contribution >= 4 is 23.6 Å². The predicted octanol–water partition coefficient (Wildman–Crippen LogP) is 5.69. The summed E-state index contributed by atoms with van der Waals surface area (Å²) in [5, 5.41) is 3.67. The van der Waals surface area contributed by atoms with Gasteiger partial charge >= 0.3 is 0 Å². The fraction of sp³-hybridized carbons (Fsp3) is 0.125. The van der Waals surface area contributed by atoms with Crippen LogP contribution in [0.3, 0.4) is 0 Å². The minimum Gasteiger partial charge on any atom is -0.353 e. The van der Waals surface area contributed by atoms with Crippen LogP contribution in [0.2, 0.25) is 5.02 Å². The van der Waals surface area contributed by atoms with E-state index >= 15 is 0 Å². The highest BCUT2D eigenvalue weighted by atomic mass is 35.5. The summed E-state index contributed by atoms with van der Waals surface area (Å²) in [6, 6.07) is 28.2. The van der Waals surface area contributed by atoms with E-state index in [1.54, 1.807) is 12.2 Å². The van der Waals surface area contributed by atoms with Crippen LogP contribution in [-0.2, 0) is 4.79 Å². The number of nitrogens with one attached hydrogen (secondary N) is 1. The summed E-state index contributed by atoms with van der Waals surface area (Å²) in [5.74, 6) is 0.165. The lowest BCUT2D eigenvalue weighted by atomic mass is 9.88. The number of carbonyl (C=O) groups is 1. The highest BCUT2D eigenvalue weighted by molar-refractivity contribution is 6.30. The molecule has 0 saturated heterocycles. The summed E-state index contributed by atoms with van der Waals surface area (Å²) < 4.78 is 0. The number of hydrogen-bond donors (Lipinski definition) is 1. The molecule has 0 saturated carbocycles. The Bertz CT molecular complexity index is 834. The molecule has 3 aromatic carbocycles. The second kappa shape index (κ2) is 9.75. The van der Waals surface area contributed by atoms with Crippen LogP contribution in [0, 0.1) is 0 Å². The van der Waals surface area contributed by atoms with Gasteiger partial charge in [-0.1, -0.05) is 84.4 Å². The predicted molar refractivity (Wildman–Crippen MR) is 113 cm³/mol. The van der Waals surface area contributed by atoms with Gasteiger partial charge in [-0.15, -0.1) is 0 Å². The number of benzene rings is 3. The fourth-order valence-corrected chi connectivity index (χ4v) is 3.17. The molecule has 0 spiro atoms. The maximum atomic E-state index is 12.1. The van der Waals surface area contributed by atoms with Crippen LogP contribution >= 0.6 is 11.6 Å². The molecule has 27 heavy (non-hydrogen) atoms. The van der Waals surface area contributed by atoms with Crippen molar-refractivity contribution in [3.8, 4) is 0 Å². The summed E-state index contributed by atoms with van der Waals surface area (Å²) >= 11 is 5.87. The van der Waals surface area contributed by atoms with Crippen LogP contribution < -0.4 is 5.32 Å². The molecule has 0 unspecified atom stereocenters. The summed E-state index contributed by atoms with van der Waals surface area (Å²) in [6.45, 7) is 0.609. The highest BCUT2D eigenvalue weighted by Gasteiger charge is 2.13. The number of halogens is 1. The Kier molecular flexibility index (Phi) is 6.84. The van der Waals surface area contributed by atoms with Gasteiger partial charge in [0.05, 0.1) is 0 Å². The van der Waals surface area contributed by atoms with Crippen LogP contribution in [-0.4, -0.2) is 12.5 Å². The molecule has 0 fully saturated rings. The van der Waals surface area contributed by atoms with Gasteiger partial charge in [0.15, 0.2) is 0 Å². The lowest BCUT2D eigenvalue weighted by Gasteiger charge is -2.18. The Balaban J connectivity index is 1.59. The third-order valence-corrected chi connectivity index (χ3v) is 4.69. The zero-order valence-electron chi connectivity index (χ0n) is 15.0. The van der Waals surface area contributed by atoms with Crippen LogP contribution in [0.25, 0.3) is 6.08 Å². The minimum atomic E-state index is -0.0928. The third kappa shape index (κ3) is 5.83. The first-order valence-electron chi connectivity index (χ1n) is 9.04. The molecular formula is C24H22ClNO. The maximum absolute atomic E-state index is 12.1. The largest absolute Gasteiger partial charge is 0.353 e. The maximum Gasteiger partial charge on any atom is 0.243 e. The molecule has 0 heterocycles. The van der Waals surface area contributed by atoms with E-state index in [1.165, 1.54) is 11.1 Å². The molecule has 0 atom stereocenters. The van der Waals surface area contributed by atoms with Crippen molar-refractivity contribution in [3.63, 3.8) is 0 Å². The van der Waals surface area contributed by atoms with Gasteiger partial charge < -0.3 is 5.32 Å². The summed E-state index contributed by atoms with van der Waals surface area (Å²) in [4.78, 5) is 12.1. The molecule has 136 valence electrons. The van der Waals surface area contributed by atoms with Crippen LogP contribution in [0.1, 0.15) is 29.0 Å². The van der Waals surface area contributed by atoms with Gasteiger partial charge in [0.2, 0.25) is 5.91 Å². The molecule has 1 N–H and O–H groups in total. The van der Waals surface area contributed by atoms with E-state index in [9.17, 15) is 4.79 Å². The smallest absolute Gasteiger partial charge is 0.243 e. The van der Waals surface area contributed by atoms with Gasteiger partial charge in [0.25, 0.3) is 0 Å². The lowest BCUT2D eigenvalue weighted by molar-refractivity contribution is -0.116. The van der Waals surface area contributed by atoms with E-state index in [2.05, 4.69) is 53.8 Å². The second-order valence-electron chi connectivity index (χ2n) is 6.34. The highest BCUT2D eigenvalue weighted by Crippen LogP contribution is 2.27. The van der Waals surface area contributed by atoms with Crippen molar-refractivity contribution in [2.45, 2.75) is 12.3 Å². The van der Waals surface area contributed by atoms with Crippen molar-refractivity contribution in [2.75, 3.05) is 6.54 Å². The first-order valence-corrected chi connectivity index (χ1v) is 9.41. The zero-order valence-corrected chi connectivity index (χ0v) is 15.8. The van der Waals surface area contributed by atoms with Crippen molar-refractivity contribution in [1.82, 2.24) is 5.32 Å². The zero-order chi connectivity index (χ0) is 18.9. The molecule has 0 aliphatic heterocycles. The molecule has 3 rings (SSSR count). The number of amides is 1. The molecule has 2 nitrogen and oxygen atoms in total. The molecule has 0 bridgehead atoms. The van der Waals surface area contributed by atoms with Gasteiger partial charge in [-0.2, -0.15) is 0 Å². The lowest BCUT2D eigenvalue weighted by Crippen LogP contribution is -2.23. The van der Waals surface area contributed by atoms with Crippen molar-refractivity contribution in [2.24, 2.45) is 0 Å². The van der Waals surface area contributed by atoms with E-state index in [0.717, 1.165) is 12.0 Å². The summed E-state index contributed by atoms with van der Waals surface area (Å²) in [6.07, 6.45) is 4.19. The SMILES string of the molecule is O=C(C=Cc1ccc(Cl)cc1)NCCC(c1ccccc1)c1ccccc1. The molecule has 0 aromatic heterocycles. The normalized spacial score (nSPS) is 11.0. The Morgan fingerprint density at radius 3 is 1.96 bits per heavy atom. The Labute approximate surface area is 165 Å². The number of carbonyl (C=O) groups excluding carboxylic acids is 1. The molecule has 3 aromatic rings. The van der Waals surface area contributed by atoms with Crippen molar-refractivity contribution < 1.29 is 4.79 Å². The fourth-order valence-electron chi connectivity index (χ4n) is 3.04.